The first-order valence-electron chi connectivity index (χ1n) is 2.41. The molecule has 0 aliphatic rings. The normalized spacial score (nSPS) is 12.3. The van der Waals surface area contributed by atoms with Gasteiger partial charge in [0, 0.05) is 0 Å². The molecule has 0 fully saturated rings. The predicted octanol–water partition coefficient (Wildman–Crippen LogP) is 0.390. The van der Waals surface area contributed by atoms with Gasteiger partial charge in [0.05, 0.1) is 17.9 Å². The van der Waals surface area contributed by atoms with Crippen molar-refractivity contribution in [1.29, 1.82) is 5.26 Å². The number of hydrogen-bond acceptors (Lipinski definition) is 4. The highest BCUT2D eigenvalue weighted by Gasteiger charge is 1.96. The standard InChI is InChI=1S/C5H7NO3S/c1-5(3-6)4-9-10(2,7)8/h4H,1-2H3. The van der Waals surface area contributed by atoms with Crippen LogP contribution in [0.4, 0.5) is 0 Å². The second kappa shape index (κ2) is 3.22. The molecule has 0 amide bonds. The zero-order valence-corrected chi connectivity index (χ0v) is 6.47. The Labute approximate surface area is 59.8 Å². The van der Waals surface area contributed by atoms with Crippen LogP contribution in [0.1, 0.15) is 6.92 Å². The summed E-state index contributed by atoms with van der Waals surface area (Å²) in [6.45, 7) is 1.45. The van der Waals surface area contributed by atoms with Crippen molar-refractivity contribution in [1.82, 2.24) is 0 Å². The van der Waals surface area contributed by atoms with Crippen molar-refractivity contribution in [2.75, 3.05) is 6.26 Å². The van der Waals surface area contributed by atoms with Crippen LogP contribution in [0.25, 0.3) is 0 Å². The van der Waals surface area contributed by atoms with E-state index in [9.17, 15) is 8.42 Å². The highest BCUT2D eigenvalue weighted by atomic mass is 32.2. The average Bonchev–Trinajstić information content (AvgIpc) is 1.81. The van der Waals surface area contributed by atoms with E-state index in [-0.39, 0.29) is 5.57 Å². The summed E-state index contributed by atoms with van der Waals surface area (Å²) in [7, 11) is -3.46. The molecule has 0 unspecified atom stereocenters. The maximum absolute atomic E-state index is 10.3. The summed E-state index contributed by atoms with van der Waals surface area (Å²) in [5.74, 6) is 0. The first-order valence-corrected chi connectivity index (χ1v) is 4.22. The first-order chi connectivity index (χ1) is 4.45. The molecule has 0 aromatic carbocycles. The van der Waals surface area contributed by atoms with Gasteiger partial charge in [-0.2, -0.15) is 13.7 Å². The second-order valence-corrected chi connectivity index (χ2v) is 3.31. The van der Waals surface area contributed by atoms with Crippen molar-refractivity contribution in [2.24, 2.45) is 0 Å². The van der Waals surface area contributed by atoms with Crippen molar-refractivity contribution in [3.8, 4) is 6.07 Å². The Bertz CT molecular complexity index is 270. The van der Waals surface area contributed by atoms with E-state index in [2.05, 4.69) is 4.18 Å². The molecule has 0 radical (unpaired) electrons. The Kier molecular flexibility index (Phi) is 2.90. The molecule has 10 heavy (non-hydrogen) atoms. The van der Waals surface area contributed by atoms with Crippen LogP contribution in [0.2, 0.25) is 0 Å². The Morgan fingerprint density at radius 2 is 2.20 bits per heavy atom. The molecule has 0 rings (SSSR count). The Morgan fingerprint density at radius 3 is 2.50 bits per heavy atom. The summed E-state index contributed by atoms with van der Waals surface area (Å²) >= 11 is 0. The van der Waals surface area contributed by atoms with Gasteiger partial charge >= 0.3 is 10.1 Å². The minimum Gasteiger partial charge on any atom is -0.390 e. The van der Waals surface area contributed by atoms with Gasteiger partial charge in [-0.3, -0.25) is 0 Å². The smallest absolute Gasteiger partial charge is 0.305 e. The Morgan fingerprint density at radius 1 is 1.70 bits per heavy atom. The molecular formula is C5H7NO3S. The maximum atomic E-state index is 10.3. The molecule has 0 saturated heterocycles. The van der Waals surface area contributed by atoms with Crippen LogP contribution in [0, 0.1) is 11.3 Å². The van der Waals surface area contributed by atoms with Crippen molar-refractivity contribution in [2.45, 2.75) is 6.92 Å². The van der Waals surface area contributed by atoms with E-state index in [0.717, 1.165) is 12.5 Å². The number of nitriles is 1. The van der Waals surface area contributed by atoms with E-state index in [4.69, 9.17) is 5.26 Å². The van der Waals surface area contributed by atoms with E-state index in [1.54, 1.807) is 6.07 Å². The van der Waals surface area contributed by atoms with E-state index >= 15 is 0 Å². The molecular weight excluding hydrogens is 154 g/mol. The summed E-state index contributed by atoms with van der Waals surface area (Å²) < 4.78 is 24.7. The molecule has 5 heteroatoms. The van der Waals surface area contributed by atoms with Gasteiger partial charge in [-0.15, -0.1) is 0 Å². The van der Waals surface area contributed by atoms with Crippen LogP contribution in [0.5, 0.6) is 0 Å². The zero-order chi connectivity index (χ0) is 8.20. The summed E-state index contributed by atoms with van der Waals surface area (Å²) in [6.07, 6.45) is 1.81. The average molecular weight is 161 g/mol. The van der Waals surface area contributed by atoms with Crippen LogP contribution < -0.4 is 0 Å². The van der Waals surface area contributed by atoms with Gasteiger partial charge < -0.3 is 4.18 Å². The lowest BCUT2D eigenvalue weighted by molar-refractivity contribution is 0.447. The largest absolute Gasteiger partial charge is 0.390 e. The van der Waals surface area contributed by atoms with Gasteiger partial charge in [0.15, 0.2) is 0 Å². The van der Waals surface area contributed by atoms with Gasteiger partial charge in [0.2, 0.25) is 0 Å². The van der Waals surface area contributed by atoms with Crippen molar-refractivity contribution in [3.05, 3.63) is 11.8 Å². The number of allylic oxidation sites excluding steroid dienone is 1. The second-order valence-electron chi connectivity index (χ2n) is 1.71. The molecule has 0 aromatic heterocycles. The molecule has 0 aliphatic heterocycles. The molecule has 0 heterocycles. The molecule has 0 aromatic rings. The molecule has 56 valence electrons. The molecule has 0 bridgehead atoms. The lowest BCUT2D eigenvalue weighted by Gasteiger charge is -1.92. The number of hydrogen-bond donors (Lipinski definition) is 0. The third-order valence-electron chi connectivity index (χ3n) is 0.576. The van der Waals surface area contributed by atoms with E-state index in [1.165, 1.54) is 6.92 Å². The SMILES string of the molecule is CC(C#N)=COS(C)(=O)=O. The van der Waals surface area contributed by atoms with Gasteiger partial charge in [-0.05, 0) is 6.92 Å². The molecule has 0 aliphatic carbocycles. The van der Waals surface area contributed by atoms with Gasteiger partial charge in [0.25, 0.3) is 0 Å². The van der Waals surface area contributed by atoms with Gasteiger partial charge in [-0.1, -0.05) is 0 Å². The topological polar surface area (TPSA) is 67.2 Å². The monoisotopic (exact) mass is 161 g/mol. The van der Waals surface area contributed by atoms with Crippen LogP contribution in [-0.2, 0) is 14.3 Å². The molecule has 0 spiro atoms. The first kappa shape index (κ1) is 8.98. The third-order valence-corrected chi connectivity index (χ3v) is 1.02. The number of rotatable bonds is 2. The van der Waals surface area contributed by atoms with E-state index in [0.29, 0.717) is 0 Å². The Balaban J connectivity index is 4.15. The highest BCUT2D eigenvalue weighted by molar-refractivity contribution is 7.86. The van der Waals surface area contributed by atoms with E-state index in [1.807, 2.05) is 0 Å². The quantitative estimate of drug-likeness (QED) is 0.334. The fourth-order valence-corrected chi connectivity index (χ4v) is 0.505. The summed E-state index contributed by atoms with van der Waals surface area (Å²) in [5.41, 5.74) is 0.213. The summed E-state index contributed by atoms with van der Waals surface area (Å²) in [5, 5.41) is 8.14. The predicted molar refractivity (Wildman–Crippen MR) is 35.3 cm³/mol. The van der Waals surface area contributed by atoms with Crippen molar-refractivity contribution >= 4 is 10.1 Å². The lowest BCUT2D eigenvalue weighted by atomic mass is 10.4. The third kappa shape index (κ3) is 5.12. The fraction of sp³-hybridized carbons (Fsp3) is 0.400. The highest BCUT2D eigenvalue weighted by Crippen LogP contribution is 1.93. The van der Waals surface area contributed by atoms with Crippen LogP contribution in [0.15, 0.2) is 11.8 Å². The van der Waals surface area contributed by atoms with Gasteiger partial charge in [-0.25, -0.2) is 0 Å². The zero-order valence-electron chi connectivity index (χ0n) is 5.66. The van der Waals surface area contributed by atoms with Crippen LogP contribution in [-0.4, -0.2) is 14.7 Å². The summed E-state index contributed by atoms with van der Waals surface area (Å²) in [4.78, 5) is 0. The minimum absolute atomic E-state index is 0.213. The van der Waals surface area contributed by atoms with E-state index < -0.39 is 10.1 Å². The molecule has 0 N–H and O–H groups in total. The van der Waals surface area contributed by atoms with Crippen LogP contribution >= 0.6 is 0 Å². The van der Waals surface area contributed by atoms with Crippen molar-refractivity contribution in [3.63, 3.8) is 0 Å². The summed E-state index contributed by atoms with van der Waals surface area (Å²) in [6, 6.07) is 1.71. The Hall–Kier alpha value is -1.02. The van der Waals surface area contributed by atoms with Gasteiger partial charge in [0.1, 0.15) is 6.26 Å². The fourth-order valence-electron chi connectivity index (χ4n) is 0.186. The molecule has 0 atom stereocenters. The minimum atomic E-state index is -3.46. The van der Waals surface area contributed by atoms with Crippen molar-refractivity contribution < 1.29 is 12.6 Å². The van der Waals surface area contributed by atoms with Crippen LogP contribution in [0.3, 0.4) is 0 Å². The maximum Gasteiger partial charge on any atom is 0.305 e. The lowest BCUT2D eigenvalue weighted by Crippen LogP contribution is -1.96. The molecule has 0 saturated carbocycles. The molecule has 4 nitrogen and oxygen atoms in total. The number of nitrogens with zero attached hydrogens (tertiary/aromatic N) is 1.